The molecule has 0 aliphatic heterocycles. The van der Waals surface area contributed by atoms with Crippen molar-refractivity contribution in [2.75, 3.05) is 7.11 Å². The third-order valence-corrected chi connectivity index (χ3v) is 5.95. The van der Waals surface area contributed by atoms with E-state index in [1.807, 2.05) is 0 Å². The normalized spacial score (nSPS) is 16.6. The van der Waals surface area contributed by atoms with Gasteiger partial charge in [0.05, 0.1) is 31.0 Å². The summed E-state index contributed by atoms with van der Waals surface area (Å²) in [6, 6.07) is 7.04. The topological polar surface area (TPSA) is 73.2 Å². The molecule has 1 fully saturated rings. The van der Waals surface area contributed by atoms with E-state index in [0.29, 0.717) is 23.7 Å². The minimum atomic E-state index is -0.406. The Bertz CT molecular complexity index is 864. The first-order valence-corrected chi connectivity index (χ1v) is 10.2. The first kappa shape index (κ1) is 18.7. The number of carbonyl (C=O) groups excluding carboxylic acids is 2. The molecule has 2 aromatic rings. The van der Waals surface area contributed by atoms with Gasteiger partial charge in [0.25, 0.3) is 5.91 Å². The van der Waals surface area contributed by atoms with Gasteiger partial charge in [0, 0.05) is 11.3 Å². The Hall–Kier alpha value is -2.63. The van der Waals surface area contributed by atoms with Crippen molar-refractivity contribution in [3.05, 3.63) is 52.3 Å². The second-order valence-electron chi connectivity index (χ2n) is 7.71. The number of esters is 1. The minimum absolute atomic E-state index is 0.156. The van der Waals surface area contributed by atoms with Crippen LogP contribution in [0.3, 0.4) is 0 Å². The Morgan fingerprint density at radius 1 is 1.07 bits per heavy atom. The molecular formula is C22H27N3O3. The van der Waals surface area contributed by atoms with Gasteiger partial charge >= 0.3 is 5.97 Å². The molecule has 2 aliphatic rings. The smallest absolute Gasteiger partial charge is 0.337 e. The van der Waals surface area contributed by atoms with E-state index in [1.54, 1.807) is 24.3 Å². The van der Waals surface area contributed by atoms with Crippen LogP contribution in [-0.4, -0.2) is 28.8 Å². The van der Waals surface area contributed by atoms with Gasteiger partial charge < -0.3 is 10.1 Å². The molecule has 0 radical (unpaired) electrons. The highest BCUT2D eigenvalue weighted by Gasteiger charge is 2.26. The number of nitrogens with zero attached hydrogens (tertiary/aromatic N) is 2. The van der Waals surface area contributed by atoms with Crippen LogP contribution in [0.1, 0.15) is 82.2 Å². The van der Waals surface area contributed by atoms with Crippen molar-refractivity contribution in [2.45, 2.75) is 64.0 Å². The van der Waals surface area contributed by atoms with Gasteiger partial charge in [-0.1, -0.05) is 12.8 Å². The van der Waals surface area contributed by atoms with Crippen LogP contribution < -0.4 is 5.32 Å². The van der Waals surface area contributed by atoms with E-state index in [-0.39, 0.29) is 5.91 Å². The Morgan fingerprint density at radius 3 is 2.46 bits per heavy atom. The number of nitrogens with one attached hydrogen (secondary N) is 1. The molecule has 0 unspecified atom stereocenters. The van der Waals surface area contributed by atoms with Crippen molar-refractivity contribution in [3.63, 3.8) is 0 Å². The molecule has 1 saturated carbocycles. The fourth-order valence-electron chi connectivity index (χ4n) is 4.44. The number of carbonyl (C=O) groups is 2. The van der Waals surface area contributed by atoms with Crippen molar-refractivity contribution in [3.8, 4) is 0 Å². The zero-order valence-electron chi connectivity index (χ0n) is 16.4. The molecule has 6 heteroatoms. The summed E-state index contributed by atoms with van der Waals surface area (Å²) >= 11 is 0. The third kappa shape index (κ3) is 3.68. The quantitative estimate of drug-likeness (QED) is 0.803. The lowest BCUT2D eigenvalue weighted by Gasteiger charge is -2.18. The molecule has 0 spiro atoms. The molecule has 0 atom stereocenters. The van der Waals surface area contributed by atoms with Gasteiger partial charge in [0.15, 0.2) is 0 Å². The van der Waals surface area contributed by atoms with Gasteiger partial charge in [0.2, 0.25) is 0 Å². The SMILES string of the molecule is COC(=O)c1ccc(C(=O)NCc2nn(C3CCCC3)c3c2CCCC3)cc1. The Kier molecular flexibility index (Phi) is 5.46. The van der Waals surface area contributed by atoms with Crippen molar-refractivity contribution in [1.29, 1.82) is 0 Å². The average Bonchev–Trinajstić information content (AvgIpc) is 3.39. The lowest BCUT2D eigenvalue weighted by atomic mass is 9.95. The largest absolute Gasteiger partial charge is 0.465 e. The van der Waals surface area contributed by atoms with Crippen LogP contribution in [0.25, 0.3) is 0 Å². The van der Waals surface area contributed by atoms with E-state index in [2.05, 4.69) is 14.7 Å². The summed E-state index contributed by atoms with van der Waals surface area (Å²) in [7, 11) is 1.34. The van der Waals surface area contributed by atoms with Crippen molar-refractivity contribution in [2.24, 2.45) is 0 Å². The first-order chi connectivity index (χ1) is 13.7. The molecule has 1 amide bonds. The van der Waals surface area contributed by atoms with E-state index in [4.69, 9.17) is 5.10 Å². The lowest BCUT2D eigenvalue weighted by Crippen LogP contribution is -2.24. The number of aromatic nitrogens is 2. The van der Waals surface area contributed by atoms with Crippen LogP contribution in [0.15, 0.2) is 24.3 Å². The maximum absolute atomic E-state index is 12.5. The number of rotatable bonds is 5. The highest BCUT2D eigenvalue weighted by atomic mass is 16.5. The molecule has 1 heterocycles. The molecule has 6 nitrogen and oxygen atoms in total. The molecule has 0 bridgehead atoms. The van der Waals surface area contributed by atoms with E-state index < -0.39 is 5.97 Å². The van der Waals surface area contributed by atoms with Crippen molar-refractivity contribution in [1.82, 2.24) is 15.1 Å². The predicted octanol–water partition coefficient (Wildman–Crippen LogP) is 3.59. The summed E-state index contributed by atoms with van der Waals surface area (Å²) < 4.78 is 6.96. The number of hydrogen-bond donors (Lipinski definition) is 1. The van der Waals surface area contributed by atoms with Gasteiger partial charge in [-0.15, -0.1) is 0 Å². The molecule has 2 aliphatic carbocycles. The summed E-state index contributed by atoms with van der Waals surface area (Å²) in [6.07, 6.45) is 9.57. The summed E-state index contributed by atoms with van der Waals surface area (Å²) in [5.74, 6) is -0.563. The number of amides is 1. The van der Waals surface area contributed by atoms with Crippen molar-refractivity contribution < 1.29 is 14.3 Å². The second kappa shape index (κ2) is 8.17. The Morgan fingerprint density at radius 2 is 1.75 bits per heavy atom. The van der Waals surface area contributed by atoms with Crippen LogP contribution in [-0.2, 0) is 24.1 Å². The van der Waals surface area contributed by atoms with E-state index >= 15 is 0 Å². The Balaban J connectivity index is 1.47. The average molecular weight is 381 g/mol. The van der Waals surface area contributed by atoms with Crippen LogP contribution in [0.4, 0.5) is 0 Å². The fourth-order valence-corrected chi connectivity index (χ4v) is 4.44. The molecule has 1 N–H and O–H groups in total. The number of benzene rings is 1. The van der Waals surface area contributed by atoms with Gasteiger partial charge in [-0.2, -0.15) is 5.10 Å². The number of hydrogen-bond acceptors (Lipinski definition) is 4. The summed E-state index contributed by atoms with van der Waals surface area (Å²) in [5.41, 5.74) is 4.71. The van der Waals surface area contributed by atoms with Crippen molar-refractivity contribution >= 4 is 11.9 Å². The van der Waals surface area contributed by atoms with Gasteiger partial charge in [-0.05, 0) is 68.4 Å². The predicted molar refractivity (Wildman–Crippen MR) is 105 cm³/mol. The lowest BCUT2D eigenvalue weighted by molar-refractivity contribution is 0.0600. The van der Waals surface area contributed by atoms with E-state index in [1.165, 1.54) is 56.9 Å². The van der Waals surface area contributed by atoms with Crippen LogP contribution in [0.5, 0.6) is 0 Å². The summed E-state index contributed by atoms with van der Waals surface area (Å²) in [6.45, 7) is 0.444. The molecule has 4 rings (SSSR count). The van der Waals surface area contributed by atoms with Gasteiger partial charge in [-0.3, -0.25) is 9.48 Å². The van der Waals surface area contributed by atoms with E-state index in [9.17, 15) is 9.59 Å². The summed E-state index contributed by atoms with van der Waals surface area (Å²) in [5, 5.41) is 7.93. The number of fused-ring (bicyclic) bond motifs is 1. The highest BCUT2D eigenvalue weighted by molar-refractivity contribution is 5.96. The molecule has 28 heavy (non-hydrogen) atoms. The summed E-state index contributed by atoms with van der Waals surface area (Å²) in [4.78, 5) is 24.1. The standard InChI is InChI=1S/C22H27N3O3/c1-28-22(27)16-12-10-15(11-13-16)21(26)23-14-19-18-8-4-5-9-20(18)25(24-19)17-6-2-3-7-17/h10-13,17H,2-9,14H2,1H3,(H,23,26). The zero-order valence-corrected chi connectivity index (χ0v) is 16.4. The zero-order chi connectivity index (χ0) is 19.5. The molecule has 1 aromatic carbocycles. The fraction of sp³-hybridized carbons (Fsp3) is 0.500. The molecule has 148 valence electrons. The van der Waals surface area contributed by atoms with Crippen LogP contribution in [0, 0.1) is 0 Å². The monoisotopic (exact) mass is 381 g/mol. The van der Waals surface area contributed by atoms with Gasteiger partial charge in [-0.25, -0.2) is 4.79 Å². The first-order valence-electron chi connectivity index (χ1n) is 10.2. The van der Waals surface area contributed by atoms with Gasteiger partial charge in [0.1, 0.15) is 0 Å². The number of methoxy groups -OCH3 is 1. The second-order valence-corrected chi connectivity index (χ2v) is 7.71. The molecule has 1 aromatic heterocycles. The maximum atomic E-state index is 12.5. The van der Waals surface area contributed by atoms with Crippen LogP contribution in [0.2, 0.25) is 0 Å². The van der Waals surface area contributed by atoms with Crippen LogP contribution >= 0.6 is 0 Å². The molecular weight excluding hydrogens is 354 g/mol. The maximum Gasteiger partial charge on any atom is 0.337 e. The number of ether oxygens (including phenoxy) is 1. The molecule has 0 saturated heterocycles. The minimum Gasteiger partial charge on any atom is -0.465 e. The highest BCUT2D eigenvalue weighted by Crippen LogP contribution is 2.34. The van der Waals surface area contributed by atoms with E-state index in [0.717, 1.165) is 18.5 Å². The third-order valence-electron chi connectivity index (χ3n) is 5.95. The Labute approximate surface area is 165 Å².